The highest BCUT2D eigenvalue weighted by atomic mass is 16.2. The van der Waals surface area contributed by atoms with Gasteiger partial charge in [-0.1, -0.05) is 0 Å². The zero-order valence-electron chi connectivity index (χ0n) is 11.4. The van der Waals surface area contributed by atoms with E-state index in [9.17, 15) is 4.79 Å². The van der Waals surface area contributed by atoms with E-state index in [4.69, 9.17) is 0 Å². The van der Waals surface area contributed by atoms with Crippen LogP contribution in [0.5, 0.6) is 0 Å². The van der Waals surface area contributed by atoms with Crippen LogP contribution in [0.25, 0.3) is 0 Å². The van der Waals surface area contributed by atoms with Crippen molar-refractivity contribution in [1.82, 2.24) is 9.80 Å². The summed E-state index contributed by atoms with van der Waals surface area (Å²) in [7, 11) is 4.22. The van der Waals surface area contributed by atoms with Crippen molar-refractivity contribution in [2.45, 2.75) is 64.6 Å². The SMILES string of the molecule is CC(=O)N(C(C)CCC(C)N(C)C)C1CC1. The molecular weight excluding hydrogens is 200 g/mol. The third-order valence-corrected chi connectivity index (χ3v) is 3.66. The van der Waals surface area contributed by atoms with Gasteiger partial charge in [0.2, 0.25) is 5.91 Å². The number of hydrogen-bond donors (Lipinski definition) is 0. The average Bonchev–Trinajstić information content (AvgIpc) is 2.97. The van der Waals surface area contributed by atoms with Crippen LogP contribution >= 0.6 is 0 Å². The molecule has 0 bridgehead atoms. The second-order valence-electron chi connectivity index (χ2n) is 5.40. The minimum atomic E-state index is 0.243. The lowest BCUT2D eigenvalue weighted by Gasteiger charge is -2.30. The van der Waals surface area contributed by atoms with Crippen molar-refractivity contribution in [1.29, 1.82) is 0 Å². The normalized spacial score (nSPS) is 19.6. The summed E-state index contributed by atoms with van der Waals surface area (Å²) in [6, 6.07) is 1.53. The Morgan fingerprint density at radius 2 is 1.69 bits per heavy atom. The Kier molecular flexibility index (Phi) is 4.78. The maximum Gasteiger partial charge on any atom is 0.219 e. The minimum Gasteiger partial charge on any atom is -0.337 e. The Morgan fingerprint density at radius 1 is 1.19 bits per heavy atom. The summed E-state index contributed by atoms with van der Waals surface area (Å²) in [5.74, 6) is 0.243. The third kappa shape index (κ3) is 3.78. The molecule has 2 atom stereocenters. The smallest absolute Gasteiger partial charge is 0.219 e. The number of carbonyl (C=O) groups excluding carboxylic acids is 1. The van der Waals surface area contributed by atoms with Crippen LogP contribution in [0.4, 0.5) is 0 Å². The molecule has 0 aromatic heterocycles. The lowest BCUT2D eigenvalue weighted by atomic mass is 10.1. The molecule has 1 aliphatic rings. The summed E-state index contributed by atoms with van der Waals surface area (Å²) in [5, 5.41) is 0. The summed E-state index contributed by atoms with van der Waals surface area (Å²) < 4.78 is 0. The Labute approximate surface area is 99.8 Å². The van der Waals surface area contributed by atoms with Crippen LogP contribution in [-0.2, 0) is 4.79 Å². The fraction of sp³-hybridized carbons (Fsp3) is 0.923. The van der Waals surface area contributed by atoms with E-state index in [1.165, 1.54) is 12.8 Å². The Bertz CT molecular complexity index is 236. The molecule has 0 aromatic rings. The van der Waals surface area contributed by atoms with E-state index in [-0.39, 0.29) is 5.91 Å². The number of carbonyl (C=O) groups is 1. The highest BCUT2D eigenvalue weighted by Gasteiger charge is 2.33. The maximum atomic E-state index is 11.6. The van der Waals surface area contributed by atoms with Gasteiger partial charge in [0, 0.05) is 25.0 Å². The molecule has 3 heteroatoms. The lowest BCUT2D eigenvalue weighted by molar-refractivity contribution is -0.131. The van der Waals surface area contributed by atoms with Crippen molar-refractivity contribution in [2.24, 2.45) is 0 Å². The number of hydrogen-bond acceptors (Lipinski definition) is 2. The second-order valence-corrected chi connectivity index (χ2v) is 5.40. The first kappa shape index (κ1) is 13.5. The zero-order valence-corrected chi connectivity index (χ0v) is 11.4. The number of nitrogens with zero attached hydrogens (tertiary/aromatic N) is 2. The molecule has 1 fully saturated rings. The van der Waals surface area contributed by atoms with Crippen LogP contribution in [-0.4, -0.2) is 47.9 Å². The predicted octanol–water partition coefficient (Wildman–Crippen LogP) is 2.12. The van der Waals surface area contributed by atoms with Crippen molar-refractivity contribution in [3.8, 4) is 0 Å². The van der Waals surface area contributed by atoms with Gasteiger partial charge in [-0.25, -0.2) is 0 Å². The van der Waals surface area contributed by atoms with Crippen molar-refractivity contribution in [3.05, 3.63) is 0 Å². The van der Waals surface area contributed by atoms with E-state index in [0.29, 0.717) is 18.1 Å². The Hall–Kier alpha value is -0.570. The van der Waals surface area contributed by atoms with E-state index in [1.54, 1.807) is 6.92 Å². The average molecular weight is 226 g/mol. The number of rotatable bonds is 6. The minimum absolute atomic E-state index is 0.243. The van der Waals surface area contributed by atoms with Gasteiger partial charge in [0.15, 0.2) is 0 Å². The molecule has 16 heavy (non-hydrogen) atoms. The first-order valence-electron chi connectivity index (χ1n) is 6.38. The van der Waals surface area contributed by atoms with Gasteiger partial charge in [-0.05, 0) is 53.6 Å². The molecule has 0 aliphatic heterocycles. The molecule has 0 aromatic carbocycles. The summed E-state index contributed by atoms with van der Waals surface area (Å²) in [4.78, 5) is 15.9. The first-order valence-corrected chi connectivity index (χ1v) is 6.38. The van der Waals surface area contributed by atoms with Crippen LogP contribution in [0.2, 0.25) is 0 Å². The summed E-state index contributed by atoms with van der Waals surface area (Å²) >= 11 is 0. The van der Waals surface area contributed by atoms with Gasteiger partial charge >= 0.3 is 0 Å². The van der Waals surface area contributed by atoms with Gasteiger partial charge in [-0.15, -0.1) is 0 Å². The van der Waals surface area contributed by atoms with E-state index >= 15 is 0 Å². The maximum absolute atomic E-state index is 11.6. The van der Waals surface area contributed by atoms with Gasteiger partial charge in [0.05, 0.1) is 0 Å². The summed E-state index contributed by atoms with van der Waals surface area (Å²) in [6.45, 7) is 6.12. The molecular formula is C13H26N2O. The molecule has 1 saturated carbocycles. The Balaban J connectivity index is 2.37. The van der Waals surface area contributed by atoms with Crippen LogP contribution in [0.1, 0.15) is 46.5 Å². The molecule has 1 amide bonds. The van der Waals surface area contributed by atoms with Gasteiger partial charge < -0.3 is 9.80 Å². The second kappa shape index (κ2) is 5.67. The zero-order chi connectivity index (χ0) is 12.3. The van der Waals surface area contributed by atoms with E-state index in [2.05, 4.69) is 37.7 Å². The van der Waals surface area contributed by atoms with E-state index in [0.717, 1.165) is 12.8 Å². The van der Waals surface area contributed by atoms with Gasteiger partial charge in [-0.2, -0.15) is 0 Å². The van der Waals surface area contributed by atoms with Crippen molar-refractivity contribution < 1.29 is 4.79 Å². The molecule has 1 rings (SSSR count). The molecule has 3 nitrogen and oxygen atoms in total. The van der Waals surface area contributed by atoms with Gasteiger partial charge in [0.25, 0.3) is 0 Å². The van der Waals surface area contributed by atoms with E-state index < -0.39 is 0 Å². The molecule has 0 radical (unpaired) electrons. The van der Waals surface area contributed by atoms with Gasteiger partial charge in [0.1, 0.15) is 0 Å². The topological polar surface area (TPSA) is 23.6 Å². The first-order chi connectivity index (χ1) is 7.43. The largest absolute Gasteiger partial charge is 0.337 e. The van der Waals surface area contributed by atoms with Crippen LogP contribution in [0.3, 0.4) is 0 Å². The molecule has 94 valence electrons. The molecule has 0 spiro atoms. The van der Waals surface area contributed by atoms with Crippen molar-refractivity contribution >= 4 is 5.91 Å². The fourth-order valence-electron chi connectivity index (χ4n) is 2.16. The molecule has 0 N–H and O–H groups in total. The standard InChI is InChI=1S/C13H26N2O/c1-10(14(4)5)6-7-11(2)15(12(3)16)13-8-9-13/h10-11,13H,6-9H2,1-5H3. The Morgan fingerprint density at radius 3 is 2.06 bits per heavy atom. The van der Waals surface area contributed by atoms with E-state index in [1.807, 2.05) is 0 Å². The third-order valence-electron chi connectivity index (χ3n) is 3.66. The van der Waals surface area contributed by atoms with Crippen molar-refractivity contribution in [2.75, 3.05) is 14.1 Å². The lowest BCUT2D eigenvalue weighted by Crippen LogP contribution is -2.39. The van der Waals surface area contributed by atoms with Crippen LogP contribution < -0.4 is 0 Å². The molecule has 0 saturated heterocycles. The highest BCUT2D eigenvalue weighted by Crippen LogP contribution is 2.30. The molecule has 2 unspecified atom stereocenters. The summed E-state index contributed by atoms with van der Waals surface area (Å²) in [5.41, 5.74) is 0. The number of amides is 1. The predicted molar refractivity (Wildman–Crippen MR) is 67.4 cm³/mol. The molecule has 1 aliphatic carbocycles. The highest BCUT2D eigenvalue weighted by molar-refractivity contribution is 5.74. The quantitative estimate of drug-likeness (QED) is 0.692. The fourth-order valence-corrected chi connectivity index (χ4v) is 2.16. The summed E-state index contributed by atoms with van der Waals surface area (Å²) in [6.07, 6.45) is 4.67. The monoisotopic (exact) mass is 226 g/mol. The van der Waals surface area contributed by atoms with Gasteiger partial charge in [-0.3, -0.25) is 4.79 Å². The van der Waals surface area contributed by atoms with Crippen molar-refractivity contribution in [3.63, 3.8) is 0 Å². The molecule has 0 heterocycles. The van der Waals surface area contributed by atoms with Crippen LogP contribution in [0.15, 0.2) is 0 Å². The van der Waals surface area contributed by atoms with Crippen LogP contribution in [0, 0.1) is 0 Å².